The first-order valence-corrected chi connectivity index (χ1v) is 24.1. The van der Waals surface area contributed by atoms with Crippen LogP contribution in [0.4, 0.5) is 51.2 Å². The van der Waals surface area contributed by atoms with Crippen LogP contribution in [-0.4, -0.2) is 0 Å². The van der Waals surface area contributed by atoms with Crippen LogP contribution in [0, 0.1) is 0 Å². The van der Waals surface area contributed by atoms with E-state index in [0.29, 0.717) is 0 Å². The first kappa shape index (κ1) is 40.4. The highest BCUT2D eigenvalue weighted by Crippen LogP contribution is 2.67. The van der Waals surface area contributed by atoms with Gasteiger partial charge in [-0.3, -0.25) is 0 Å². The molecular formula is C65H53N3. The average molecular weight is 876 g/mol. The van der Waals surface area contributed by atoms with Gasteiger partial charge >= 0.3 is 0 Å². The van der Waals surface area contributed by atoms with E-state index in [9.17, 15) is 0 Å². The molecule has 0 unspecified atom stereocenters. The zero-order valence-electron chi connectivity index (χ0n) is 39.5. The Balaban J connectivity index is 1.03. The summed E-state index contributed by atoms with van der Waals surface area (Å²) in [5.41, 5.74) is 20.6. The molecule has 0 spiro atoms. The molecule has 13 rings (SSSR count). The van der Waals surface area contributed by atoms with Crippen molar-refractivity contribution >= 4 is 72.7 Å². The van der Waals surface area contributed by atoms with Crippen molar-refractivity contribution in [2.45, 2.75) is 57.8 Å². The molecule has 3 nitrogen and oxygen atoms in total. The van der Waals surface area contributed by atoms with Gasteiger partial charge in [-0.25, -0.2) is 0 Å². The summed E-state index contributed by atoms with van der Waals surface area (Å²) in [6, 6.07) is 79.0. The summed E-state index contributed by atoms with van der Waals surface area (Å²) >= 11 is 0. The number of benzene rings is 10. The van der Waals surface area contributed by atoms with Crippen molar-refractivity contribution in [1.82, 2.24) is 0 Å². The fraction of sp³-hybridized carbons (Fsp3) is 0.138. The molecule has 0 aliphatic carbocycles. The van der Waals surface area contributed by atoms with E-state index in [4.69, 9.17) is 0 Å². The zero-order valence-corrected chi connectivity index (χ0v) is 39.5. The van der Waals surface area contributed by atoms with Crippen molar-refractivity contribution in [2.75, 3.05) is 14.7 Å². The molecule has 0 bridgehead atoms. The van der Waals surface area contributed by atoms with Crippen LogP contribution >= 0.6 is 0 Å². The number of fused-ring (bicyclic) bond motifs is 2. The van der Waals surface area contributed by atoms with Crippen LogP contribution in [0.3, 0.4) is 0 Å². The standard InChI is InChI=1S/C65H53N3/c1-63(2)54-26-17-27-55-60(54)68-61-56(63)38-47(44-28-32-50(33-29-44)66(48-22-9-7-10-23-48)49-24-11-8-12-25-49)39-57(61)65(5,6)59-41-53(40-58(62(59)68)64(55,3)4)67(51-34-30-42-18-13-15-20-45(42)36-51)52-35-31-43-19-14-16-21-46(43)37-52/h7-41H,1-6H3. The van der Waals surface area contributed by atoms with Crippen molar-refractivity contribution in [1.29, 1.82) is 0 Å². The number of nitrogens with zero attached hydrogens (tertiary/aromatic N) is 3. The topological polar surface area (TPSA) is 9.72 Å². The maximum atomic E-state index is 2.69. The van der Waals surface area contributed by atoms with E-state index < -0.39 is 0 Å². The molecular weight excluding hydrogens is 823 g/mol. The van der Waals surface area contributed by atoms with Crippen LogP contribution in [0.5, 0.6) is 0 Å². The quantitative estimate of drug-likeness (QED) is 0.158. The monoisotopic (exact) mass is 875 g/mol. The van der Waals surface area contributed by atoms with Gasteiger partial charge in [0, 0.05) is 50.4 Å². The van der Waals surface area contributed by atoms with E-state index in [0.717, 1.165) is 28.4 Å². The van der Waals surface area contributed by atoms with E-state index in [1.165, 1.54) is 88.8 Å². The molecule has 0 atom stereocenters. The zero-order chi connectivity index (χ0) is 46.1. The lowest BCUT2D eigenvalue weighted by Crippen LogP contribution is -2.43. The summed E-state index contributed by atoms with van der Waals surface area (Å²) < 4.78 is 0. The van der Waals surface area contributed by atoms with Crippen molar-refractivity contribution in [3.8, 4) is 11.1 Å². The van der Waals surface area contributed by atoms with Crippen molar-refractivity contribution < 1.29 is 0 Å². The van der Waals surface area contributed by atoms with Crippen LogP contribution in [0.15, 0.2) is 212 Å². The molecule has 0 saturated carbocycles. The maximum Gasteiger partial charge on any atom is 0.0545 e. The van der Waals surface area contributed by atoms with Crippen molar-refractivity contribution in [2.24, 2.45) is 0 Å². The van der Waals surface area contributed by atoms with Crippen molar-refractivity contribution in [3.05, 3.63) is 246 Å². The van der Waals surface area contributed by atoms with Gasteiger partial charge in [0.1, 0.15) is 0 Å². The summed E-state index contributed by atoms with van der Waals surface area (Å²) in [7, 11) is 0. The summed E-state index contributed by atoms with van der Waals surface area (Å²) in [5.74, 6) is 0. The van der Waals surface area contributed by atoms with E-state index in [1.807, 2.05) is 0 Å². The molecule has 3 heteroatoms. The highest BCUT2D eigenvalue weighted by molar-refractivity contribution is 6.01. The minimum Gasteiger partial charge on any atom is -0.311 e. The first-order valence-electron chi connectivity index (χ1n) is 24.1. The van der Waals surface area contributed by atoms with Gasteiger partial charge in [0.25, 0.3) is 0 Å². The summed E-state index contributed by atoms with van der Waals surface area (Å²) in [6.07, 6.45) is 0. The molecule has 0 amide bonds. The van der Waals surface area contributed by atoms with E-state index in [1.54, 1.807) is 0 Å². The molecule has 3 aliphatic rings. The molecule has 328 valence electrons. The van der Waals surface area contributed by atoms with Gasteiger partial charge in [-0.2, -0.15) is 0 Å². The van der Waals surface area contributed by atoms with Gasteiger partial charge in [0.05, 0.1) is 17.1 Å². The third kappa shape index (κ3) is 5.84. The third-order valence-electron chi connectivity index (χ3n) is 15.7. The van der Waals surface area contributed by atoms with Crippen LogP contribution < -0.4 is 14.7 Å². The minimum atomic E-state index is -0.359. The number of hydrogen-bond donors (Lipinski definition) is 0. The average Bonchev–Trinajstić information content (AvgIpc) is 3.36. The maximum absolute atomic E-state index is 2.69. The highest BCUT2D eigenvalue weighted by Gasteiger charge is 2.52. The van der Waals surface area contributed by atoms with Crippen LogP contribution in [0.25, 0.3) is 32.7 Å². The van der Waals surface area contributed by atoms with Gasteiger partial charge in [-0.1, -0.05) is 169 Å². The van der Waals surface area contributed by atoms with Gasteiger partial charge in [-0.15, -0.1) is 0 Å². The van der Waals surface area contributed by atoms with Crippen molar-refractivity contribution in [3.63, 3.8) is 0 Å². The number of para-hydroxylation sites is 3. The molecule has 3 aliphatic heterocycles. The van der Waals surface area contributed by atoms with E-state index >= 15 is 0 Å². The predicted molar refractivity (Wildman–Crippen MR) is 287 cm³/mol. The summed E-state index contributed by atoms with van der Waals surface area (Å²) in [6.45, 7) is 14.7. The lowest BCUT2D eigenvalue weighted by atomic mass is 9.60. The molecule has 0 fully saturated rings. The molecule has 0 radical (unpaired) electrons. The molecule has 68 heavy (non-hydrogen) atoms. The Morgan fingerprint density at radius 3 is 1.12 bits per heavy atom. The Labute approximate surface area is 400 Å². The summed E-state index contributed by atoms with van der Waals surface area (Å²) in [4.78, 5) is 7.52. The van der Waals surface area contributed by atoms with Gasteiger partial charge in [-0.05, 0) is 151 Å². The lowest BCUT2D eigenvalue weighted by Gasteiger charge is -2.55. The van der Waals surface area contributed by atoms with Gasteiger partial charge < -0.3 is 14.7 Å². The van der Waals surface area contributed by atoms with E-state index in [2.05, 4.69) is 269 Å². The second kappa shape index (κ2) is 14.6. The molecule has 3 heterocycles. The second-order valence-corrected chi connectivity index (χ2v) is 20.7. The normalized spacial score (nSPS) is 15.2. The molecule has 0 aromatic heterocycles. The Bertz CT molecular complexity index is 3540. The molecule has 10 aromatic rings. The van der Waals surface area contributed by atoms with Gasteiger partial charge in [0.2, 0.25) is 0 Å². The fourth-order valence-corrected chi connectivity index (χ4v) is 12.0. The smallest absolute Gasteiger partial charge is 0.0545 e. The van der Waals surface area contributed by atoms with Crippen LogP contribution in [-0.2, 0) is 16.2 Å². The molecule has 0 saturated heterocycles. The predicted octanol–water partition coefficient (Wildman–Crippen LogP) is 18.0. The number of hydrogen-bond acceptors (Lipinski definition) is 3. The SMILES string of the molecule is CC1(C)c2cccc3c2N2c4c1cc(-c1ccc(N(c5ccccc5)c5ccccc5)cc1)cc4C(C)(C)c1cc(N(c4ccc5ccccc5c4)c4ccc5ccccc5c4)cc(c12)C3(C)C. The lowest BCUT2D eigenvalue weighted by molar-refractivity contribution is 0.567. The van der Waals surface area contributed by atoms with E-state index in [-0.39, 0.29) is 16.2 Å². The first-order chi connectivity index (χ1) is 33.0. The Hall–Kier alpha value is -7.88. The third-order valence-corrected chi connectivity index (χ3v) is 15.7. The Morgan fingerprint density at radius 1 is 0.265 bits per heavy atom. The Morgan fingerprint density at radius 2 is 0.632 bits per heavy atom. The molecule has 10 aromatic carbocycles. The van der Waals surface area contributed by atoms with Crippen LogP contribution in [0.2, 0.25) is 0 Å². The largest absolute Gasteiger partial charge is 0.311 e. The molecule has 0 N–H and O–H groups in total. The van der Waals surface area contributed by atoms with Gasteiger partial charge in [0.15, 0.2) is 0 Å². The highest BCUT2D eigenvalue weighted by atomic mass is 15.2. The second-order valence-electron chi connectivity index (χ2n) is 20.7. The number of rotatable bonds is 7. The number of anilines is 9. The minimum absolute atomic E-state index is 0.247. The Kier molecular flexibility index (Phi) is 8.65. The summed E-state index contributed by atoms with van der Waals surface area (Å²) in [5, 5.41) is 4.92. The fourth-order valence-electron chi connectivity index (χ4n) is 12.0. The van der Waals surface area contributed by atoms with Crippen LogP contribution in [0.1, 0.15) is 74.9 Å².